The zero-order valence-corrected chi connectivity index (χ0v) is 15.3. The second-order valence-electron chi connectivity index (χ2n) is 5.71. The lowest BCUT2D eigenvalue weighted by atomic mass is 9.98. The number of ketones is 1. The molecule has 0 saturated heterocycles. The molecule has 3 N–H and O–H groups in total. The van der Waals surface area contributed by atoms with E-state index < -0.39 is 21.2 Å². The topological polar surface area (TPSA) is 121 Å². The van der Waals surface area contributed by atoms with E-state index in [0.29, 0.717) is 30.1 Å². The van der Waals surface area contributed by atoms with Gasteiger partial charge in [0.15, 0.2) is 9.84 Å². The van der Waals surface area contributed by atoms with Crippen LogP contribution in [-0.2, 0) is 14.6 Å². The highest BCUT2D eigenvalue weighted by Crippen LogP contribution is 2.29. The molecular formula is C16H21N3O5S. The van der Waals surface area contributed by atoms with Crippen LogP contribution in [0.3, 0.4) is 0 Å². The van der Waals surface area contributed by atoms with Crippen molar-refractivity contribution >= 4 is 21.3 Å². The van der Waals surface area contributed by atoms with Gasteiger partial charge in [0.2, 0.25) is 5.78 Å². The minimum atomic E-state index is -3.49. The molecule has 0 atom stereocenters. The minimum absolute atomic E-state index is 0.0121. The minimum Gasteiger partial charge on any atom is -0.383 e. The lowest BCUT2D eigenvalue weighted by Gasteiger charge is -2.16. The fourth-order valence-corrected chi connectivity index (χ4v) is 3.50. The number of hydrogen-bond donors (Lipinski definition) is 3. The largest absolute Gasteiger partial charge is 0.383 e. The third kappa shape index (κ3) is 3.83. The van der Waals surface area contributed by atoms with Gasteiger partial charge >= 0.3 is 0 Å². The third-order valence-electron chi connectivity index (χ3n) is 3.87. The zero-order valence-electron chi connectivity index (χ0n) is 14.5. The molecule has 0 aliphatic carbocycles. The Balaban J connectivity index is 2.59. The average molecular weight is 367 g/mol. The van der Waals surface area contributed by atoms with Crippen LogP contribution in [0.2, 0.25) is 0 Å². The highest BCUT2D eigenvalue weighted by Gasteiger charge is 2.24. The molecule has 0 radical (unpaired) electrons. The standard InChI is InChI=1S/C16H21N3O5S/c1-9-11(15(20)13-10(2)18-19-16(13)21)5-6-12(25(4,22)23)14(9)17-7-8-24-3/h5-6,17H,7-8H2,1-4H3,(H2,18,19,21). The van der Waals surface area contributed by atoms with E-state index in [1.165, 1.54) is 19.2 Å². The molecular weight excluding hydrogens is 346 g/mol. The van der Waals surface area contributed by atoms with Crippen molar-refractivity contribution in [2.75, 3.05) is 31.8 Å². The van der Waals surface area contributed by atoms with Crippen LogP contribution in [0.5, 0.6) is 0 Å². The van der Waals surface area contributed by atoms with Crippen molar-refractivity contribution in [1.29, 1.82) is 0 Å². The van der Waals surface area contributed by atoms with Gasteiger partial charge in [-0.15, -0.1) is 0 Å². The van der Waals surface area contributed by atoms with Crippen LogP contribution >= 0.6 is 0 Å². The Morgan fingerprint density at radius 3 is 2.44 bits per heavy atom. The number of rotatable bonds is 7. The second kappa shape index (κ2) is 7.24. The first-order valence-corrected chi connectivity index (χ1v) is 9.46. The molecule has 1 aromatic carbocycles. The summed E-state index contributed by atoms with van der Waals surface area (Å²) in [6.07, 6.45) is 1.10. The van der Waals surface area contributed by atoms with Gasteiger partial charge in [0, 0.05) is 31.2 Å². The summed E-state index contributed by atoms with van der Waals surface area (Å²) < 4.78 is 29.0. The molecule has 136 valence electrons. The van der Waals surface area contributed by atoms with Crippen molar-refractivity contribution in [2.24, 2.45) is 0 Å². The fraction of sp³-hybridized carbons (Fsp3) is 0.375. The number of hydrogen-bond acceptors (Lipinski definition) is 6. The summed E-state index contributed by atoms with van der Waals surface area (Å²) in [6, 6.07) is 2.81. The van der Waals surface area contributed by atoms with E-state index >= 15 is 0 Å². The maximum absolute atomic E-state index is 12.8. The summed E-state index contributed by atoms with van der Waals surface area (Å²) in [7, 11) is -1.96. The molecule has 9 heteroatoms. The molecule has 0 amide bonds. The average Bonchev–Trinajstić information content (AvgIpc) is 2.86. The van der Waals surface area contributed by atoms with Gasteiger partial charge in [0.25, 0.3) is 5.56 Å². The Hall–Kier alpha value is -2.39. The highest BCUT2D eigenvalue weighted by molar-refractivity contribution is 7.90. The van der Waals surface area contributed by atoms with Crippen LogP contribution in [0, 0.1) is 13.8 Å². The Kier molecular flexibility index (Phi) is 5.48. The number of anilines is 1. The summed E-state index contributed by atoms with van der Waals surface area (Å²) in [4.78, 5) is 24.7. The monoisotopic (exact) mass is 367 g/mol. The van der Waals surface area contributed by atoms with Crippen LogP contribution in [0.1, 0.15) is 27.2 Å². The maximum atomic E-state index is 12.8. The van der Waals surface area contributed by atoms with Crippen molar-refractivity contribution in [1.82, 2.24) is 10.2 Å². The quantitative estimate of drug-likeness (QED) is 0.496. The summed E-state index contributed by atoms with van der Waals surface area (Å²) in [5.74, 6) is -0.465. The van der Waals surface area contributed by atoms with E-state index in [4.69, 9.17) is 4.74 Å². The second-order valence-corrected chi connectivity index (χ2v) is 7.70. The zero-order chi connectivity index (χ0) is 18.8. The van der Waals surface area contributed by atoms with Crippen LogP contribution < -0.4 is 10.9 Å². The van der Waals surface area contributed by atoms with Crippen molar-refractivity contribution in [3.05, 3.63) is 44.9 Å². The number of carbonyl (C=O) groups excluding carboxylic acids is 1. The molecule has 0 unspecified atom stereocenters. The van der Waals surface area contributed by atoms with Gasteiger partial charge in [-0.2, -0.15) is 0 Å². The Morgan fingerprint density at radius 2 is 1.92 bits per heavy atom. The Morgan fingerprint density at radius 1 is 1.24 bits per heavy atom. The molecule has 0 saturated carbocycles. The van der Waals surface area contributed by atoms with E-state index in [1.54, 1.807) is 13.8 Å². The number of methoxy groups -OCH3 is 1. The number of aryl methyl sites for hydroxylation is 1. The molecule has 0 fully saturated rings. The van der Waals surface area contributed by atoms with Gasteiger partial charge in [-0.25, -0.2) is 8.42 Å². The molecule has 1 aromatic heterocycles. The Labute approximate surface area is 145 Å². The first kappa shape index (κ1) is 18.9. The number of carbonyl (C=O) groups is 1. The molecule has 0 bridgehead atoms. The molecule has 1 heterocycles. The number of ether oxygens (including phenoxy) is 1. The van der Waals surface area contributed by atoms with E-state index in [0.717, 1.165) is 6.26 Å². The number of aromatic amines is 2. The van der Waals surface area contributed by atoms with Crippen LogP contribution in [0.25, 0.3) is 0 Å². The van der Waals surface area contributed by atoms with Gasteiger partial charge < -0.3 is 15.2 Å². The SMILES string of the molecule is COCCNc1c(S(C)(=O)=O)ccc(C(=O)c2c(C)[nH][nH]c2=O)c1C. The van der Waals surface area contributed by atoms with E-state index in [1.807, 2.05) is 0 Å². The van der Waals surface area contributed by atoms with E-state index in [9.17, 15) is 18.0 Å². The fourth-order valence-electron chi connectivity index (χ4n) is 2.59. The van der Waals surface area contributed by atoms with Gasteiger partial charge in [-0.1, -0.05) is 0 Å². The van der Waals surface area contributed by atoms with Gasteiger partial charge in [-0.05, 0) is 31.5 Å². The molecule has 0 aliphatic heterocycles. The van der Waals surface area contributed by atoms with Crippen molar-refractivity contribution in [3.63, 3.8) is 0 Å². The molecule has 8 nitrogen and oxygen atoms in total. The number of sulfone groups is 1. The van der Waals surface area contributed by atoms with Crippen molar-refractivity contribution in [2.45, 2.75) is 18.7 Å². The van der Waals surface area contributed by atoms with Crippen LogP contribution in [0.4, 0.5) is 5.69 Å². The van der Waals surface area contributed by atoms with Crippen molar-refractivity contribution < 1.29 is 17.9 Å². The molecule has 2 aromatic rings. The summed E-state index contributed by atoms with van der Waals surface area (Å²) in [6.45, 7) is 4.01. The number of nitrogens with one attached hydrogen (secondary N) is 3. The molecule has 0 aliphatic rings. The number of aromatic nitrogens is 2. The summed E-state index contributed by atoms with van der Waals surface area (Å²) in [5, 5.41) is 7.99. The lowest BCUT2D eigenvalue weighted by molar-refractivity contribution is 0.103. The first-order valence-electron chi connectivity index (χ1n) is 7.57. The predicted molar refractivity (Wildman–Crippen MR) is 94.2 cm³/mol. The predicted octanol–water partition coefficient (Wildman–Crippen LogP) is 1.01. The van der Waals surface area contributed by atoms with Crippen LogP contribution in [-0.4, -0.2) is 50.9 Å². The molecule has 0 spiro atoms. The van der Waals surface area contributed by atoms with Gasteiger partial charge in [-0.3, -0.25) is 14.7 Å². The Bertz CT molecular complexity index is 957. The van der Waals surface area contributed by atoms with E-state index in [-0.39, 0.29) is 16.0 Å². The lowest BCUT2D eigenvalue weighted by Crippen LogP contribution is -2.18. The van der Waals surface area contributed by atoms with Gasteiger partial charge in [0.05, 0.1) is 17.2 Å². The van der Waals surface area contributed by atoms with Crippen LogP contribution in [0.15, 0.2) is 21.8 Å². The molecule has 2 rings (SSSR count). The molecule has 25 heavy (non-hydrogen) atoms. The summed E-state index contributed by atoms with van der Waals surface area (Å²) in [5.41, 5.74) is 0.996. The third-order valence-corrected chi connectivity index (χ3v) is 5.01. The van der Waals surface area contributed by atoms with Crippen molar-refractivity contribution in [3.8, 4) is 0 Å². The summed E-state index contributed by atoms with van der Waals surface area (Å²) >= 11 is 0. The van der Waals surface area contributed by atoms with Gasteiger partial charge in [0.1, 0.15) is 5.56 Å². The number of benzene rings is 1. The normalized spacial score (nSPS) is 11.5. The maximum Gasteiger partial charge on any atom is 0.275 e. The first-order chi connectivity index (χ1) is 11.7. The number of H-pyrrole nitrogens is 2. The highest BCUT2D eigenvalue weighted by atomic mass is 32.2. The van der Waals surface area contributed by atoms with E-state index in [2.05, 4.69) is 15.5 Å². The smallest absolute Gasteiger partial charge is 0.275 e.